The zero-order valence-electron chi connectivity index (χ0n) is 21.4. The van der Waals surface area contributed by atoms with Crippen LogP contribution in [-0.4, -0.2) is 31.3 Å². The number of benzene rings is 4. The second kappa shape index (κ2) is 11.0. The first-order chi connectivity index (χ1) is 18.9. The maximum absolute atomic E-state index is 13.9. The number of carbonyl (C=O) groups is 2. The minimum atomic E-state index is -1.02. The summed E-state index contributed by atoms with van der Waals surface area (Å²) >= 11 is 0. The van der Waals surface area contributed by atoms with Crippen LogP contribution < -0.4 is 14.2 Å². The Hall–Kier alpha value is -4.65. The number of hydrogen-bond donors (Lipinski definition) is 1. The van der Waals surface area contributed by atoms with Crippen molar-refractivity contribution < 1.29 is 33.3 Å². The molecule has 39 heavy (non-hydrogen) atoms. The van der Waals surface area contributed by atoms with E-state index in [0.29, 0.717) is 28.4 Å². The first kappa shape index (κ1) is 26.0. The van der Waals surface area contributed by atoms with E-state index < -0.39 is 35.6 Å². The maximum atomic E-state index is 13.9. The molecule has 1 saturated carbocycles. The van der Waals surface area contributed by atoms with Crippen LogP contribution >= 0.6 is 0 Å². The Labute approximate surface area is 225 Å². The Balaban J connectivity index is 1.55. The molecule has 1 fully saturated rings. The Morgan fingerprint density at radius 2 is 1.26 bits per heavy atom. The lowest BCUT2D eigenvalue weighted by molar-refractivity contribution is -0.158. The Morgan fingerprint density at radius 1 is 0.692 bits per heavy atom. The van der Waals surface area contributed by atoms with Crippen LogP contribution in [0.15, 0.2) is 97.1 Å². The number of carbonyl (C=O) groups excluding carboxylic acids is 1. The monoisotopic (exact) mass is 526 g/mol. The average molecular weight is 527 g/mol. The van der Waals surface area contributed by atoms with Gasteiger partial charge in [-0.3, -0.25) is 9.59 Å². The van der Waals surface area contributed by atoms with Crippen molar-refractivity contribution in [3.05, 3.63) is 114 Å². The van der Waals surface area contributed by atoms with Crippen molar-refractivity contribution >= 4 is 11.9 Å². The lowest BCUT2D eigenvalue weighted by Crippen LogP contribution is -2.52. The normalized spacial score (nSPS) is 20.0. The minimum Gasteiger partial charge on any atom is -0.496 e. The molecule has 198 valence electrons. The largest absolute Gasteiger partial charge is 0.496 e. The predicted molar refractivity (Wildman–Crippen MR) is 144 cm³/mol. The number of para-hydroxylation sites is 2. The second-order valence-electron chi connectivity index (χ2n) is 9.38. The van der Waals surface area contributed by atoms with Crippen LogP contribution in [0.2, 0.25) is 0 Å². The van der Waals surface area contributed by atoms with Gasteiger partial charge in [0.15, 0.2) is 0 Å². The van der Waals surface area contributed by atoms with E-state index in [1.54, 1.807) is 78.9 Å². The summed E-state index contributed by atoms with van der Waals surface area (Å²) in [4.78, 5) is 26.5. The van der Waals surface area contributed by atoms with E-state index in [1.807, 2.05) is 6.07 Å². The fraction of sp³-hybridized carbons (Fsp3) is 0.188. The van der Waals surface area contributed by atoms with Gasteiger partial charge in [-0.05, 0) is 58.7 Å². The summed E-state index contributed by atoms with van der Waals surface area (Å²) in [5.41, 5.74) is 2.77. The number of esters is 1. The minimum absolute atomic E-state index is 0.304. The van der Waals surface area contributed by atoms with Gasteiger partial charge in [0.05, 0.1) is 26.1 Å². The molecular weight excluding hydrogens is 499 g/mol. The zero-order valence-corrected chi connectivity index (χ0v) is 21.4. The van der Waals surface area contributed by atoms with E-state index in [9.17, 15) is 19.1 Å². The van der Waals surface area contributed by atoms with Crippen molar-refractivity contribution in [1.29, 1.82) is 0 Å². The van der Waals surface area contributed by atoms with Crippen LogP contribution in [-0.2, 0) is 9.59 Å². The molecule has 1 unspecified atom stereocenters. The number of halogens is 1. The fourth-order valence-corrected chi connectivity index (χ4v) is 5.57. The molecule has 0 spiro atoms. The van der Waals surface area contributed by atoms with Crippen LogP contribution in [0.3, 0.4) is 0 Å². The highest BCUT2D eigenvalue weighted by Gasteiger charge is 2.60. The van der Waals surface area contributed by atoms with Crippen molar-refractivity contribution in [1.82, 2.24) is 0 Å². The van der Waals surface area contributed by atoms with E-state index in [-0.39, 0.29) is 5.82 Å². The topological polar surface area (TPSA) is 82.1 Å². The summed E-state index contributed by atoms with van der Waals surface area (Å²) in [7, 11) is 3.03. The molecule has 7 heteroatoms. The molecule has 0 amide bonds. The molecule has 0 radical (unpaired) electrons. The van der Waals surface area contributed by atoms with E-state index in [2.05, 4.69) is 0 Å². The SMILES string of the molecule is COc1ccccc1C1[C@@H](C(=O)O)[C@@H](c2ccccc2OC)[C@@H]1C(=O)Oc1cccc(-c2ccc(F)cc2)c1. The number of methoxy groups -OCH3 is 2. The third-order valence-corrected chi connectivity index (χ3v) is 7.33. The van der Waals surface area contributed by atoms with Crippen molar-refractivity contribution in [3.8, 4) is 28.4 Å². The molecule has 6 nitrogen and oxygen atoms in total. The van der Waals surface area contributed by atoms with Gasteiger partial charge in [0.1, 0.15) is 23.1 Å². The number of hydrogen-bond acceptors (Lipinski definition) is 5. The average Bonchev–Trinajstić information content (AvgIpc) is 2.93. The van der Waals surface area contributed by atoms with Gasteiger partial charge in [0, 0.05) is 11.8 Å². The molecule has 0 aromatic heterocycles. The first-order valence-electron chi connectivity index (χ1n) is 12.5. The Morgan fingerprint density at radius 3 is 1.79 bits per heavy atom. The number of carboxylic acid groups (broad SMARTS) is 1. The Kier molecular flexibility index (Phi) is 7.32. The molecule has 4 aromatic carbocycles. The predicted octanol–water partition coefficient (Wildman–Crippen LogP) is 6.31. The molecule has 4 aromatic rings. The summed E-state index contributed by atoms with van der Waals surface area (Å²) in [6.07, 6.45) is 0. The van der Waals surface area contributed by atoms with E-state index >= 15 is 0 Å². The lowest BCUT2D eigenvalue weighted by atomic mass is 9.52. The second-order valence-corrected chi connectivity index (χ2v) is 9.38. The highest BCUT2D eigenvalue weighted by atomic mass is 19.1. The standard InChI is InChI=1S/C32H27FO6/c1-37-25-12-5-3-10-23(25)27-29(31(34)35)28(24-11-4-6-13-26(24)38-2)30(27)32(36)39-22-9-7-8-20(18-22)19-14-16-21(33)17-15-19/h3-18,27-30H,1-2H3,(H,34,35)/t27-,28?,29+,30+/m1/s1. The summed E-state index contributed by atoms with van der Waals surface area (Å²) in [5.74, 6) is -3.75. The summed E-state index contributed by atoms with van der Waals surface area (Å²) in [6.45, 7) is 0. The van der Waals surface area contributed by atoms with Crippen molar-refractivity contribution in [2.24, 2.45) is 11.8 Å². The summed E-state index contributed by atoms with van der Waals surface area (Å²) in [5, 5.41) is 10.3. The fourth-order valence-electron chi connectivity index (χ4n) is 5.57. The van der Waals surface area contributed by atoms with Gasteiger partial charge in [-0.2, -0.15) is 0 Å². The van der Waals surface area contributed by atoms with Crippen molar-refractivity contribution in [3.63, 3.8) is 0 Å². The number of ether oxygens (including phenoxy) is 3. The quantitative estimate of drug-likeness (QED) is 0.214. The molecule has 0 heterocycles. The third kappa shape index (κ3) is 4.95. The summed E-state index contributed by atoms with van der Waals surface area (Å²) < 4.78 is 30.4. The van der Waals surface area contributed by atoms with E-state index in [4.69, 9.17) is 14.2 Å². The molecule has 0 saturated heterocycles. The van der Waals surface area contributed by atoms with Gasteiger partial charge in [0.25, 0.3) is 0 Å². The van der Waals surface area contributed by atoms with Gasteiger partial charge in [-0.25, -0.2) is 4.39 Å². The molecule has 1 aliphatic rings. The first-order valence-corrected chi connectivity index (χ1v) is 12.5. The lowest BCUT2D eigenvalue weighted by Gasteiger charge is -2.49. The number of rotatable bonds is 8. The molecular formula is C32H27FO6. The van der Waals surface area contributed by atoms with Gasteiger partial charge in [0.2, 0.25) is 0 Å². The molecule has 4 atom stereocenters. The number of carboxylic acids is 1. The summed E-state index contributed by atoms with van der Waals surface area (Å²) in [6, 6.07) is 27.2. The molecule has 1 aliphatic carbocycles. The third-order valence-electron chi connectivity index (χ3n) is 7.33. The smallest absolute Gasteiger partial charge is 0.315 e. The van der Waals surface area contributed by atoms with E-state index in [0.717, 1.165) is 11.1 Å². The molecule has 0 aliphatic heterocycles. The Bertz CT molecular complexity index is 1440. The van der Waals surface area contributed by atoms with Crippen molar-refractivity contribution in [2.75, 3.05) is 14.2 Å². The number of aliphatic carboxylic acids is 1. The van der Waals surface area contributed by atoms with Crippen molar-refractivity contribution in [2.45, 2.75) is 11.8 Å². The van der Waals surface area contributed by atoms with Crippen LogP contribution in [0.1, 0.15) is 23.0 Å². The maximum Gasteiger partial charge on any atom is 0.315 e. The van der Waals surface area contributed by atoms with Gasteiger partial charge in [-0.15, -0.1) is 0 Å². The van der Waals surface area contributed by atoms with Crippen LogP contribution in [0.5, 0.6) is 17.2 Å². The van der Waals surface area contributed by atoms with Gasteiger partial charge in [-0.1, -0.05) is 60.7 Å². The highest BCUT2D eigenvalue weighted by Crippen LogP contribution is 2.60. The van der Waals surface area contributed by atoms with Crippen LogP contribution in [0.4, 0.5) is 4.39 Å². The van der Waals surface area contributed by atoms with Crippen LogP contribution in [0, 0.1) is 17.7 Å². The van der Waals surface area contributed by atoms with E-state index in [1.165, 1.54) is 26.4 Å². The van der Waals surface area contributed by atoms with Gasteiger partial charge >= 0.3 is 11.9 Å². The molecule has 1 N–H and O–H groups in total. The van der Waals surface area contributed by atoms with Gasteiger partial charge < -0.3 is 19.3 Å². The van der Waals surface area contributed by atoms with Crippen LogP contribution in [0.25, 0.3) is 11.1 Å². The molecule has 5 rings (SSSR count). The molecule has 0 bridgehead atoms. The highest BCUT2D eigenvalue weighted by molar-refractivity contribution is 5.86. The zero-order chi connectivity index (χ0) is 27.5.